The average molecular weight is 240 g/mol. The molecule has 2 rings (SSSR count). The molecule has 0 bridgehead atoms. The third-order valence-corrected chi connectivity index (χ3v) is 2.67. The minimum Gasteiger partial charge on any atom is -0.314 e. The Hall–Kier alpha value is -1.49. The number of para-hydroxylation sites is 1. The van der Waals surface area contributed by atoms with Crippen LogP contribution in [0, 0.1) is 0 Å². The van der Waals surface area contributed by atoms with E-state index >= 15 is 0 Å². The van der Waals surface area contributed by atoms with Gasteiger partial charge < -0.3 is 4.74 Å². The number of halogens is 2. The zero-order valence-electron chi connectivity index (χ0n) is 9.78. The fraction of sp³-hybridized carbons (Fsp3) is 0.417. The van der Waals surface area contributed by atoms with Crippen LogP contribution in [0.1, 0.15) is 19.0 Å². The first-order chi connectivity index (χ1) is 8.03. The molecule has 2 aromatic rings. The lowest BCUT2D eigenvalue weighted by atomic mass is 10.2. The van der Waals surface area contributed by atoms with Crippen molar-refractivity contribution in [3.63, 3.8) is 0 Å². The topological polar surface area (TPSA) is 27.1 Å². The Kier molecular flexibility index (Phi) is 3.11. The van der Waals surface area contributed by atoms with Crippen LogP contribution in [0.5, 0.6) is 0 Å². The van der Waals surface area contributed by atoms with E-state index in [9.17, 15) is 8.78 Å². The Morgan fingerprint density at radius 2 is 2.06 bits per heavy atom. The van der Waals surface area contributed by atoms with Crippen LogP contribution < -0.4 is 0 Å². The second-order valence-electron chi connectivity index (χ2n) is 3.87. The van der Waals surface area contributed by atoms with E-state index in [2.05, 4.69) is 9.84 Å². The number of alkyl halides is 2. The van der Waals surface area contributed by atoms with Gasteiger partial charge in [0.15, 0.2) is 0 Å². The van der Waals surface area contributed by atoms with Crippen molar-refractivity contribution < 1.29 is 13.5 Å². The summed E-state index contributed by atoms with van der Waals surface area (Å²) in [5.74, 6) is 0. The minimum atomic E-state index is -3.08. The highest BCUT2D eigenvalue weighted by Crippen LogP contribution is 2.24. The summed E-state index contributed by atoms with van der Waals surface area (Å²) in [7, 11) is 1.78. The van der Waals surface area contributed by atoms with Gasteiger partial charge in [0.05, 0.1) is 17.8 Å². The van der Waals surface area contributed by atoms with Crippen LogP contribution in [-0.4, -0.2) is 15.9 Å². The molecule has 0 fully saturated rings. The molecule has 0 aliphatic rings. The molecule has 0 spiro atoms. The van der Waals surface area contributed by atoms with Gasteiger partial charge in [-0.15, -0.1) is 0 Å². The SMILES string of the molecule is CCC(F)(F)OCc1nn(C)c2ccccc12. The zero-order valence-corrected chi connectivity index (χ0v) is 9.78. The molecule has 5 heteroatoms. The maximum absolute atomic E-state index is 13.0. The zero-order chi connectivity index (χ0) is 12.5. The highest BCUT2D eigenvalue weighted by atomic mass is 19.3. The van der Waals surface area contributed by atoms with Crippen LogP contribution >= 0.6 is 0 Å². The highest BCUT2D eigenvalue weighted by Gasteiger charge is 2.27. The molecule has 1 aromatic carbocycles. The predicted octanol–water partition coefficient (Wildman–Crippen LogP) is 3.09. The van der Waals surface area contributed by atoms with Gasteiger partial charge in [0.2, 0.25) is 0 Å². The van der Waals surface area contributed by atoms with Crippen molar-refractivity contribution >= 4 is 10.9 Å². The van der Waals surface area contributed by atoms with E-state index in [0.717, 1.165) is 10.9 Å². The molecular weight excluding hydrogens is 226 g/mol. The largest absolute Gasteiger partial charge is 0.355 e. The van der Waals surface area contributed by atoms with Crippen molar-refractivity contribution in [2.75, 3.05) is 0 Å². The summed E-state index contributed by atoms with van der Waals surface area (Å²) in [5, 5.41) is 5.03. The molecule has 0 atom stereocenters. The third-order valence-electron chi connectivity index (χ3n) is 2.67. The molecule has 0 N–H and O–H groups in total. The molecule has 0 saturated heterocycles. The molecule has 0 amide bonds. The molecule has 3 nitrogen and oxygen atoms in total. The van der Waals surface area contributed by atoms with Gasteiger partial charge in [-0.3, -0.25) is 4.68 Å². The number of hydrogen-bond acceptors (Lipinski definition) is 2. The van der Waals surface area contributed by atoms with Crippen LogP contribution in [0.2, 0.25) is 0 Å². The fourth-order valence-corrected chi connectivity index (χ4v) is 1.67. The van der Waals surface area contributed by atoms with Crippen molar-refractivity contribution in [3.05, 3.63) is 30.0 Å². The first kappa shape index (κ1) is 12.0. The van der Waals surface area contributed by atoms with E-state index in [1.165, 1.54) is 6.92 Å². The number of rotatable bonds is 4. The molecule has 17 heavy (non-hydrogen) atoms. The third kappa shape index (κ3) is 2.44. The first-order valence-corrected chi connectivity index (χ1v) is 5.46. The number of benzene rings is 1. The first-order valence-electron chi connectivity index (χ1n) is 5.46. The lowest BCUT2D eigenvalue weighted by Crippen LogP contribution is -2.19. The van der Waals surface area contributed by atoms with Gasteiger partial charge in [0.25, 0.3) is 0 Å². The van der Waals surface area contributed by atoms with E-state index in [1.807, 2.05) is 24.3 Å². The molecule has 92 valence electrons. The van der Waals surface area contributed by atoms with Gasteiger partial charge in [-0.2, -0.15) is 13.9 Å². The van der Waals surface area contributed by atoms with Crippen molar-refractivity contribution in [1.29, 1.82) is 0 Å². The van der Waals surface area contributed by atoms with E-state index in [0.29, 0.717) is 5.69 Å². The summed E-state index contributed by atoms with van der Waals surface area (Å²) in [6.45, 7) is 1.21. The van der Waals surface area contributed by atoms with Crippen LogP contribution in [0.4, 0.5) is 8.78 Å². The van der Waals surface area contributed by atoms with E-state index < -0.39 is 6.11 Å². The molecule has 0 unspecified atom stereocenters. The van der Waals surface area contributed by atoms with Gasteiger partial charge in [-0.1, -0.05) is 25.1 Å². The molecule has 1 aromatic heterocycles. The molecule has 0 aliphatic heterocycles. The lowest BCUT2D eigenvalue weighted by molar-refractivity contribution is -0.246. The van der Waals surface area contributed by atoms with Crippen molar-refractivity contribution in [1.82, 2.24) is 9.78 Å². The molecule has 0 aliphatic carbocycles. The fourth-order valence-electron chi connectivity index (χ4n) is 1.67. The number of ether oxygens (including phenoxy) is 1. The number of aromatic nitrogens is 2. The average Bonchev–Trinajstić information content (AvgIpc) is 2.65. The van der Waals surface area contributed by atoms with Crippen LogP contribution in [-0.2, 0) is 18.4 Å². The van der Waals surface area contributed by atoms with E-state index in [4.69, 9.17) is 0 Å². The van der Waals surface area contributed by atoms with Gasteiger partial charge in [0, 0.05) is 18.9 Å². The Labute approximate surface area is 98.0 Å². The lowest BCUT2D eigenvalue weighted by Gasteiger charge is -2.13. The summed E-state index contributed by atoms with van der Waals surface area (Å²) < 4.78 is 32.2. The Morgan fingerprint density at radius 1 is 1.35 bits per heavy atom. The summed E-state index contributed by atoms with van der Waals surface area (Å²) >= 11 is 0. The summed E-state index contributed by atoms with van der Waals surface area (Å²) in [4.78, 5) is 0. The summed E-state index contributed by atoms with van der Waals surface area (Å²) in [5.41, 5.74) is 1.45. The van der Waals surface area contributed by atoms with Crippen molar-refractivity contribution in [3.8, 4) is 0 Å². The molecule has 0 radical (unpaired) electrons. The second-order valence-corrected chi connectivity index (χ2v) is 3.87. The number of fused-ring (bicyclic) bond motifs is 1. The molecule has 1 heterocycles. The van der Waals surface area contributed by atoms with Gasteiger partial charge in [-0.05, 0) is 6.07 Å². The summed E-state index contributed by atoms with van der Waals surface area (Å²) in [6.07, 6.45) is -3.42. The maximum atomic E-state index is 13.0. The number of aryl methyl sites for hydroxylation is 1. The van der Waals surface area contributed by atoms with Crippen molar-refractivity contribution in [2.45, 2.75) is 26.1 Å². The van der Waals surface area contributed by atoms with Gasteiger partial charge in [-0.25, -0.2) is 0 Å². The quantitative estimate of drug-likeness (QED) is 0.821. The van der Waals surface area contributed by atoms with Gasteiger partial charge in [0.1, 0.15) is 0 Å². The standard InChI is InChI=1S/C12H14F2N2O/c1-3-12(13,14)17-8-10-9-6-4-5-7-11(9)16(2)15-10/h4-7H,3,8H2,1-2H3. The van der Waals surface area contributed by atoms with Gasteiger partial charge >= 0.3 is 6.11 Å². The minimum absolute atomic E-state index is 0.178. The van der Waals surface area contributed by atoms with Crippen LogP contribution in [0.15, 0.2) is 24.3 Å². The number of hydrogen-bond donors (Lipinski definition) is 0. The van der Waals surface area contributed by atoms with Crippen LogP contribution in [0.3, 0.4) is 0 Å². The smallest absolute Gasteiger partial charge is 0.314 e. The Morgan fingerprint density at radius 3 is 2.76 bits per heavy atom. The highest BCUT2D eigenvalue weighted by molar-refractivity contribution is 5.81. The maximum Gasteiger partial charge on any atom is 0.355 e. The predicted molar refractivity (Wildman–Crippen MR) is 60.7 cm³/mol. The van der Waals surface area contributed by atoms with E-state index in [-0.39, 0.29) is 13.0 Å². The molecular formula is C12H14F2N2O. The molecule has 0 saturated carbocycles. The number of nitrogens with zero attached hydrogens (tertiary/aromatic N) is 2. The second kappa shape index (κ2) is 4.41. The van der Waals surface area contributed by atoms with E-state index in [1.54, 1.807) is 11.7 Å². The summed E-state index contributed by atoms with van der Waals surface area (Å²) in [6, 6.07) is 7.48. The normalized spacial score (nSPS) is 12.2. The Balaban J connectivity index is 2.25. The van der Waals surface area contributed by atoms with Crippen molar-refractivity contribution in [2.24, 2.45) is 7.05 Å². The van der Waals surface area contributed by atoms with Crippen LogP contribution in [0.25, 0.3) is 10.9 Å². The Bertz CT molecular complexity index is 522. The monoisotopic (exact) mass is 240 g/mol.